The van der Waals surface area contributed by atoms with Gasteiger partial charge in [0.15, 0.2) is 0 Å². The summed E-state index contributed by atoms with van der Waals surface area (Å²) in [7, 11) is 0. The quantitative estimate of drug-likeness (QED) is 0.730. The van der Waals surface area contributed by atoms with Crippen LogP contribution in [0.25, 0.3) is 0 Å². The molecule has 1 amide bonds. The van der Waals surface area contributed by atoms with E-state index in [-0.39, 0.29) is 7.33 Å². The van der Waals surface area contributed by atoms with E-state index in [0.29, 0.717) is 5.92 Å². The van der Waals surface area contributed by atoms with Crippen molar-refractivity contribution < 1.29 is 6.22 Å². The molecule has 0 unspecified atom stereocenters. The lowest BCUT2D eigenvalue weighted by Crippen LogP contribution is -2.07. The monoisotopic (exact) mass is 191 g/mol. The van der Waals surface area contributed by atoms with Crippen LogP contribution in [0.4, 0.5) is 5.69 Å². The summed E-state index contributed by atoms with van der Waals surface area (Å²) >= 11 is 0. The van der Waals surface area contributed by atoms with Gasteiger partial charge in [0.25, 0.3) is 0 Å². The summed E-state index contributed by atoms with van der Waals surface area (Å²) in [5.41, 5.74) is 2.04. The molecule has 0 aromatic heterocycles. The van der Waals surface area contributed by atoms with Crippen LogP contribution in [0.1, 0.15) is 26.8 Å². The molecular formula is C12H17NO. The second kappa shape index (κ2) is 4.61. The normalized spacial score (nSPS) is 9.93. The molecule has 0 saturated heterocycles. The van der Waals surface area contributed by atoms with Crippen LogP contribution >= 0.6 is 0 Å². The predicted octanol–water partition coefficient (Wildman–Crippen LogP) is 3.18. The summed E-state index contributed by atoms with van der Waals surface area (Å²) in [6, 6.07) is 7.83. The molecule has 1 rings (SSSR count). The van der Waals surface area contributed by atoms with Gasteiger partial charge in [-0.1, -0.05) is 32.6 Å². The predicted molar refractivity (Wildman–Crippen MR) is 61.5 cm³/mol. The molecule has 0 spiro atoms. The second-order valence-corrected chi connectivity index (χ2v) is 3.47. The van der Waals surface area contributed by atoms with E-state index >= 15 is 0 Å². The maximum absolute atomic E-state index is 11.0. The first-order valence-electron chi connectivity index (χ1n) is 4.67. The molecule has 2 heteroatoms. The van der Waals surface area contributed by atoms with Gasteiger partial charge >= 0.3 is 0 Å². The molecular weight excluding hydrogens is 174 g/mol. The van der Waals surface area contributed by atoms with Gasteiger partial charge in [-0.15, -0.1) is 0 Å². The van der Waals surface area contributed by atoms with Gasteiger partial charge in [0.1, 0.15) is 0 Å². The maximum Gasteiger partial charge on any atom is 0.247 e. The van der Waals surface area contributed by atoms with E-state index in [1.807, 2.05) is 24.3 Å². The lowest BCUT2D eigenvalue weighted by atomic mass is 10.0. The second-order valence-electron chi connectivity index (χ2n) is 3.47. The molecule has 0 aliphatic carbocycles. The summed E-state index contributed by atoms with van der Waals surface area (Å²) in [6.07, 6.45) is 1.27. The standard InChI is InChI=1S/C12H15NO.H2/c1-4-12(14)13-11-7-5-6-10(8-11)9(2)3;/h4-9H,1H2,2-3H3,(H,13,14);1H. The summed E-state index contributed by atoms with van der Waals surface area (Å²) in [4.78, 5) is 11.0. The minimum atomic E-state index is -0.175. The average Bonchev–Trinajstić information content (AvgIpc) is 2.18. The first-order valence-corrected chi connectivity index (χ1v) is 4.67. The van der Waals surface area contributed by atoms with E-state index in [1.165, 1.54) is 11.6 Å². The Morgan fingerprint density at radius 3 is 2.86 bits per heavy atom. The molecule has 0 bridgehead atoms. The Hall–Kier alpha value is -1.57. The SMILES string of the molecule is C=CC(=O)Nc1cccc(C(C)C)c1.[HH]. The third-order valence-electron chi connectivity index (χ3n) is 2.01. The third kappa shape index (κ3) is 2.73. The van der Waals surface area contributed by atoms with E-state index in [0.717, 1.165) is 5.69 Å². The van der Waals surface area contributed by atoms with Crippen molar-refractivity contribution in [1.29, 1.82) is 0 Å². The molecule has 0 aliphatic rings. The van der Waals surface area contributed by atoms with Crippen molar-refractivity contribution in [3.63, 3.8) is 0 Å². The van der Waals surface area contributed by atoms with Crippen LogP contribution in [-0.2, 0) is 4.79 Å². The molecule has 2 nitrogen and oxygen atoms in total. The van der Waals surface area contributed by atoms with Crippen molar-refractivity contribution in [3.05, 3.63) is 42.5 Å². The molecule has 14 heavy (non-hydrogen) atoms. The Kier molecular flexibility index (Phi) is 3.46. The van der Waals surface area contributed by atoms with Crippen molar-refractivity contribution in [1.82, 2.24) is 0 Å². The Morgan fingerprint density at radius 2 is 2.29 bits per heavy atom. The van der Waals surface area contributed by atoms with E-state index in [2.05, 4.69) is 25.7 Å². The number of carbonyl (C=O) groups is 1. The summed E-state index contributed by atoms with van der Waals surface area (Å²) in [5, 5.41) is 2.73. The van der Waals surface area contributed by atoms with E-state index in [9.17, 15) is 4.79 Å². The zero-order chi connectivity index (χ0) is 10.6. The molecule has 0 radical (unpaired) electrons. The highest BCUT2D eigenvalue weighted by atomic mass is 16.1. The highest BCUT2D eigenvalue weighted by Crippen LogP contribution is 2.18. The third-order valence-corrected chi connectivity index (χ3v) is 2.01. The van der Waals surface area contributed by atoms with Gasteiger partial charge in [0.05, 0.1) is 0 Å². The van der Waals surface area contributed by atoms with Crippen LogP contribution in [-0.4, -0.2) is 5.91 Å². The van der Waals surface area contributed by atoms with Gasteiger partial charge in [-0.25, -0.2) is 0 Å². The Balaban J connectivity index is 0.00000196. The molecule has 0 fully saturated rings. The van der Waals surface area contributed by atoms with Crippen molar-refractivity contribution >= 4 is 11.6 Å². The van der Waals surface area contributed by atoms with Gasteiger partial charge < -0.3 is 5.32 Å². The zero-order valence-electron chi connectivity index (χ0n) is 8.58. The minimum Gasteiger partial charge on any atom is -0.323 e. The van der Waals surface area contributed by atoms with Gasteiger partial charge in [0.2, 0.25) is 5.91 Å². The lowest BCUT2D eigenvalue weighted by molar-refractivity contribution is -0.111. The van der Waals surface area contributed by atoms with Crippen molar-refractivity contribution in [2.24, 2.45) is 0 Å². The number of amides is 1. The number of anilines is 1. The molecule has 76 valence electrons. The molecule has 0 saturated carbocycles. The van der Waals surface area contributed by atoms with Gasteiger partial charge in [-0.3, -0.25) is 4.79 Å². The Morgan fingerprint density at radius 1 is 1.57 bits per heavy atom. The van der Waals surface area contributed by atoms with E-state index in [4.69, 9.17) is 0 Å². The van der Waals surface area contributed by atoms with Gasteiger partial charge in [0, 0.05) is 7.11 Å². The van der Waals surface area contributed by atoms with Crippen LogP contribution in [0.15, 0.2) is 36.9 Å². The highest BCUT2D eigenvalue weighted by Gasteiger charge is 2.01. The van der Waals surface area contributed by atoms with E-state index < -0.39 is 0 Å². The number of benzene rings is 1. The molecule has 0 atom stereocenters. The molecule has 0 aliphatic heterocycles. The maximum atomic E-state index is 11.0. The number of rotatable bonds is 3. The first kappa shape index (κ1) is 10.5. The number of nitrogens with one attached hydrogen (secondary N) is 1. The molecule has 1 aromatic rings. The van der Waals surface area contributed by atoms with Crippen molar-refractivity contribution in [2.45, 2.75) is 19.8 Å². The van der Waals surface area contributed by atoms with E-state index in [1.54, 1.807) is 0 Å². The number of hydrogen-bond acceptors (Lipinski definition) is 1. The van der Waals surface area contributed by atoms with Gasteiger partial charge in [-0.05, 0) is 29.7 Å². The largest absolute Gasteiger partial charge is 0.323 e. The summed E-state index contributed by atoms with van der Waals surface area (Å²) < 4.78 is 0. The topological polar surface area (TPSA) is 29.1 Å². The first-order chi connectivity index (χ1) is 6.63. The van der Waals surface area contributed by atoms with Crippen LogP contribution in [0.5, 0.6) is 0 Å². The highest BCUT2D eigenvalue weighted by molar-refractivity contribution is 5.98. The summed E-state index contributed by atoms with van der Waals surface area (Å²) in [5.74, 6) is 0.293. The zero-order valence-corrected chi connectivity index (χ0v) is 8.58. The van der Waals surface area contributed by atoms with Gasteiger partial charge in [-0.2, -0.15) is 0 Å². The smallest absolute Gasteiger partial charge is 0.247 e. The fraction of sp³-hybridized carbons (Fsp3) is 0.250. The molecule has 1 aromatic carbocycles. The Bertz CT molecular complexity index is 347. The van der Waals surface area contributed by atoms with Crippen LogP contribution in [0.3, 0.4) is 0 Å². The minimum absolute atomic E-state index is 0. The lowest BCUT2D eigenvalue weighted by Gasteiger charge is -2.08. The van der Waals surface area contributed by atoms with Crippen LogP contribution in [0, 0.1) is 0 Å². The molecule has 1 N–H and O–H groups in total. The number of hydrogen-bond donors (Lipinski definition) is 1. The fourth-order valence-electron chi connectivity index (χ4n) is 1.17. The fourth-order valence-corrected chi connectivity index (χ4v) is 1.17. The van der Waals surface area contributed by atoms with Crippen molar-refractivity contribution in [3.8, 4) is 0 Å². The average molecular weight is 191 g/mol. The molecule has 0 heterocycles. The van der Waals surface area contributed by atoms with Crippen molar-refractivity contribution in [2.75, 3.05) is 5.32 Å². The Labute approximate surface area is 86.1 Å². The summed E-state index contributed by atoms with van der Waals surface area (Å²) in [6.45, 7) is 7.64. The van der Waals surface area contributed by atoms with Crippen LogP contribution in [0.2, 0.25) is 0 Å². The van der Waals surface area contributed by atoms with Crippen LogP contribution < -0.4 is 5.32 Å². The number of carbonyl (C=O) groups excluding carboxylic acids is 1.